The molecule has 0 atom stereocenters. The van der Waals surface area contributed by atoms with E-state index in [4.69, 9.17) is 4.79 Å². The van der Waals surface area contributed by atoms with Crippen molar-refractivity contribution < 1.29 is 29.1 Å². The van der Waals surface area contributed by atoms with Gasteiger partial charge in [0.15, 0.2) is 0 Å². The van der Waals surface area contributed by atoms with Crippen LogP contribution in [0.3, 0.4) is 0 Å². The minimum atomic E-state index is -0.750. The van der Waals surface area contributed by atoms with Gasteiger partial charge in [-0.05, 0) is 12.8 Å². The molecular formula is C7H12N2O2S2Zn. The Morgan fingerprint density at radius 2 is 1.57 bits per heavy atom. The normalized spacial score (nSPS) is 14.6. The van der Waals surface area contributed by atoms with Gasteiger partial charge in [0.2, 0.25) is 0 Å². The number of nitrogens with one attached hydrogen (secondary N) is 1. The van der Waals surface area contributed by atoms with Crippen LogP contribution in [0.4, 0.5) is 9.59 Å². The number of carbonyl (C=O) groups is 2. The first-order chi connectivity index (χ1) is 6.02. The van der Waals surface area contributed by atoms with Crippen molar-refractivity contribution in [1.82, 2.24) is 5.32 Å². The van der Waals surface area contributed by atoms with Crippen molar-refractivity contribution in [3.63, 3.8) is 0 Å². The van der Waals surface area contributed by atoms with Crippen LogP contribution in [0.5, 0.6) is 0 Å². The Balaban J connectivity index is 0. The molecular weight excluding hydrogens is 274 g/mol. The van der Waals surface area contributed by atoms with E-state index in [1.807, 2.05) is 0 Å². The smallest absolute Gasteiger partial charge is 0.719 e. The molecule has 2 amide bonds. The zero-order valence-electron chi connectivity index (χ0n) is 7.82. The Kier molecular flexibility index (Phi) is 11.2. The zero-order valence-corrected chi connectivity index (χ0v) is 12.4. The fourth-order valence-electron chi connectivity index (χ4n) is 1.24. The summed E-state index contributed by atoms with van der Waals surface area (Å²) in [6.07, 6.45) is 4.70. The quantitative estimate of drug-likeness (QED) is 0.552. The zero-order chi connectivity index (χ0) is 10.3. The molecule has 0 saturated heterocycles. The van der Waals surface area contributed by atoms with E-state index >= 15 is 0 Å². The molecule has 1 saturated carbocycles. The van der Waals surface area contributed by atoms with Crippen LogP contribution in [0, 0.1) is 0 Å². The topological polar surface area (TPSA) is 72.2 Å². The maximum atomic E-state index is 10.3. The van der Waals surface area contributed by atoms with E-state index in [-0.39, 0.29) is 24.7 Å². The van der Waals surface area contributed by atoms with E-state index in [0.717, 1.165) is 12.8 Å². The van der Waals surface area contributed by atoms with E-state index in [1.54, 1.807) is 0 Å². The molecule has 0 aromatic heterocycles. The van der Waals surface area contributed by atoms with Gasteiger partial charge in [-0.15, -0.1) is 0 Å². The van der Waals surface area contributed by atoms with Crippen molar-refractivity contribution in [2.75, 3.05) is 0 Å². The Labute approximate surface area is 107 Å². The van der Waals surface area contributed by atoms with Gasteiger partial charge < -0.3 is 45.9 Å². The molecule has 0 aliphatic heterocycles. The largest absolute Gasteiger partial charge is 2.00 e. The molecule has 0 aromatic rings. The maximum Gasteiger partial charge on any atom is 2.00 e. The summed E-state index contributed by atoms with van der Waals surface area (Å²) in [7, 11) is 0. The molecule has 0 radical (unpaired) electrons. The molecule has 1 aliphatic rings. The molecule has 0 aromatic carbocycles. The third-order valence-electron chi connectivity index (χ3n) is 1.68. The summed E-state index contributed by atoms with van der Waals surface area (Å²) in [5, 5.41) is 1.66. The number of hydrogen-bond donors (Lipinski definition) is 2. The molecule has 1 rings (SSSR count). The predicted octanol–water partition coefficient (Wildman–Crippen LogP) is 0.795. The molecule has 0 heterocycles. The first-order valence-electron chi connectivity index (χ1n) is 3.96. The van der Waals surface area contributed by atoms with Crippen LogP contribution in [-0.4, -0.2) is 16.5 Å². The van der Waals surface area contributed by atoms with Gasteiger partial charge in [0.05, 0.1) is 10.5 Å². The number of carbonyl (C=O) groups excluding carboxylic acids is 2. The number of amides is 2. The molecule has 0 bridgehead atoms. The summed E-state index contributed by atoms with van der Waals surface area (Å²) in [4.78, 5) is 19.3. The van der Waals surface area contributed by atoms with Crippen LogP contribution in [0.15, 0.2) is 0 Å². The minimum absolute atomic E-state index is 0. The molecule has 76 valence electrons. The first kappa shape index (κ1) is 16.4. The fraction of sp³-hybridized carbons (Fsp3) is 0.714. The monoisotopic (exact) mass is 284 g/mol. The van der Waals surface area contributed by atoms with Crippen LogP contribution in [-0.2, 0) is 44.7 Å². The van der Waals surface area contributed by atoms with Crippen molar-refractivity contribution in [3.8, 4) is 0 Å². The summed E-state index contributed by atoms with van der Waals surface area (Å²) in [5.74, 6) is 0. The number of nitrogens with two attached hydrogens (primary N) is 1. The number of hydrogen-bond acceptors (Lipinski definition) is 4. The van der Waals surface area contributed by atoms with Crippen LogP contribution >= 0.6 is 0 Å². The Bertz CT molecular complexity index is 183. The average Bonchev–Trinajstić information content (AvgIpc) is 2.36. The Morgan fingerprint density at radius 1 is 1.21 bits per heavy atom. The van der Waals surface area contributed by atoms with Crippen LogP contribution < -0.4 is 11.1 Å². The summed E-state index contributed by atoms with van der Waals surface area (Å²) in [5.41, 5.74) is 4.29. The van der Waals surface area contributed by atoms with Crippen molar-refractivity contribution in [2.24, 2.45) is 5.73 Å². The Morgan fingerprint density at radius 3 is 1.86 bits per heavy atom. The first-order valence-corrected chi connectivity index (χ1v) is 4.78. The SMILES string of the molecule is NC(=O)[S-].O=C([S-])NC1CCCC1.[Zn+2]. The molecule has 1 aliphatic carbocycles. The van der Waals surface area contributed by atoms with Gasteiger partial charge in [-0.1, -0.05) is 12.8 Å². The van der Waals surface area contributed by atoms with E-state index in [0.29, 0.717) is 6.04 Å². The molecule has 14 heavy (non-hydrogen) atoms. The van der Waals surface area contributed by atoms with Crippen LogP contribution in [0.25, 0.3) is 0 Å². The summed E-state index contributed by atoms with van der Waals surface area (Å²) in [6.45, 7) is 0. The Hall–Kier alpha value is 0.00338. The summed E-state index contributed by atoms with van der Waals surface area (Å²) in [6, 6.07) is 0.384. The van der Waals surface area contributed by atoms with Gasteiger partial charge in [-0.3, -0.25) is 0 Å². The van der Waals surface area contributed by atoms with Crippen LogP contribution in [0.1, 0.15) is 25.7 Å². The standard InChI is InChI=1S/C6H11NOS.CH3NOS.Zn/c8-6(9)7-5-3-1-2-4-5;2-1(3)4;/h5H,1-4H2,(H2,7,8,9);(H3,2,3,4);/q;;+2/p-2. The van der Waals surface area contributed by atoms with E-state index in [1.165, 1.54) is 12.8 Å². The number of rotatable bonds is 1. The molecule has 3 N–H and O–H groups in total. The van der Waals surface area contributed by atoms with Crippen molar-refractivity contribution >= 4 is 35.7 Å². The molecule has 4 nitrogen and oxygen atoms in total. The third-order valence-corrected chi connectivity index (χ3v) is 1.79. The van der Waals surface area contributed by atoms with Gasteiger partial charge in [-0.25, -0.2) is 0 Å². The second-order valence-electron chi connectivity index (χ2n) is 2.73. The molecule has 1 fully saturated rings. The van der Waals surface area contributed by atoms with Gasteiger partial charge in [0.1, 0.15) is 0 Å². The van der Waals surface area contributed by atoms with Crippen molar-refractivity contribution in [1.29, 1.82) is 0 Å². The molecule has 7 heteroatoms. The summed E-state index contributed by atoms with van der Waals surface area (Å²) < 4.78 is 0. The van der Waals surface area contributed by atoms with Gasteiger partial charge >= 0.3 is 19.5 Å². The molecule has 0 unspecified atom stereocenters. The van der Waals surface area contributed by atoms with E-state index < -0.39 is 5.24 Å². The van der Waals surface area contributed by atoms with Crippen molar-refractivity contribution in [3.05, 3.63) is 0 Å². The van der Waals surface area contributed by atoms with Gasteiger partial charge in [0, 0.05) is 6.04 Å². The fourth-order valence-corrected chi connectivity index (χ4v) is 1.40. The summed E-state index contributed by atoms with van der Waals surface area (Å²) >= 11 is 8.12. The second kappa shape index (κ2) is 9.55. The second-order valence-corrected chi connectivity index (χ2v) is 3.51. The van der Waals surface area contributed by atoms with Gasteiger partial charge in [0.25, 0.3) is 0 Å². The van der Waals surface area contributed by atoms with E-state index in [9.17, 15) is 4.79 Å². The average molecular weight is 286 g/mol. The number of primary amides is 1. The van der Waals surface area contributed by atoms with Gasteiger partial charge in [-0.2, -0.15) is 0 Å². The van der Waals surface area contributed by atoms with Crippen LogP contribution in [0.2, 0.25) is 0 Å². The van der Waals surface area contributed by atoms with E-state index in [2.05, 4.69) is 36.3 Å². The maximum absolute atomic E-state index is 10.3. The third kappa shape index (κ3) is 12.0. The minimum Gasteiger partial charge on any atom is -0.719 e. The van der Waals surface area contributed by atoms with Crippen molar-refractivity contribution in [2.45, 2.75) is 31.7 Å². The predicted molar refractivity (Wildman–Crippen MR) is 55.1 cm³/mol. The molecule has 0 spiro atoms.